The maximum absolute atomic E-state index is 10.6. The first-order valence-electron chi connectivity index (χ1n) is 6.42. The summed E-state index contributed by atoms with van der Waals surface area (Å²) in [6.07, 6.45) is 2.80. The maximum atomic E-state index is 10.6. The monoisotopic (exact) mass is 267 g/mol. The Labute approximate surface area is 118 Å². The van der Waals surface area contributed by atoms with Crippen molar-refractivity contribution in [3.8, 4) is 0 Å². The minimum Gasteiger partial charge on any atom is -0.478 e. The Balaban J connectivity index is 2.19. The Hall–Kier alpha value is -2.55. The van der Waals surface area contributed by atoms with E-state index < -0.39 is 5.97 Å². The number of para-hydroxylation sites is 1. The van der Waals surface area contributed by atoms with Crippen molar-refractivity contribution in [2.75, 3.05) is 11.9 Å². The van der Waals surface area contributed by atoms with E-state index in [1.165, 1.54) is 6.08 Å². The predicted octanol–water partition coefficient (Wildman–Crippen LogP) is 3.42. The first kappa shape index (κ1) is 13.9. The molecule has 0 fully saturated rings. The maximum Gasteiger partial charge on any atom is 0.328 e. The predicted molar refractivity (Wildman–Crippen MR) is 81.7 cm³/mol. The summed E-state index contributed by atoms with van der Waals surface area (Å²) >= 11 is 0. The quantitative estimate of drug-likeness (QED) is 0.844. The summed E-state index contributed by atoms with van der Waals surface area (Å²) in [7, 11) is 2.02. The number of benzene rings is 2. The van der Waals surface area contributed by atoms with E-state index in [-0.39, 0.29) is 0 Å². The van der Waals surface area contributed by atoms with Gasteiger partial charge in [0.25, 0.3) is 0 Å². The summed E-state index contributed by atoms with van der Waals surface area (Å²) in [5.41, 5.74) is 3.15. The summed E-state index contributed by atoms with van der Waals surface area (Å²) in [6.45, 7) is 0.726. The Kier molecular flexibility index (Phi) is 4.56. The minimum absolute atomic E-state index is 0.726. The zero-order valence-electron chi connectivity index (χ0n) is 11.4. The van der Waals surface area contributed by atoms with Crippen molar-refractivity contribution in [2.45, 2.75) is 6.54 Å². The van der Waals surface area contributed by atoms with Gasteiger partial charge in [-0.3, -0.25) is 0 Å². The van der Waals surface area contributed by atoms with Crippen LogP contribution < -0.4 is 4.90 Å². The third-order valence-corrected chi connectivity index (χ3v) is 3.07. The van der Waals surface area contributed by atoms with E-state index in [1.54, 1.807) is 6.08 Å². The number of hydrogen-bond donors (Lipinski definition) is 1. The van der Waals surface area contributed by atoms with E-state index in [0.29, 0.717) is 0 Å². The molecular weight excluding hydrogens is 250 g/mol. The number of hydrogen-bond acceptors (Lipinski definition) is 2. The Morgan fingerprint density at radius 1 is 1.10 bits per heavy atom. The van der Waals surface area contributed by atoms with Crippen molar-refractivity contribution < 1.29 is 9.90 Å². The summed E-state index contributed by atoms with van der Waals surface area (Å²) < 4.78 is 0. The zero-order valence-corrected chi connectivity index (χ0v) is 11.4. The molecule has 20 heavy (non-hydrogen) atoms. The van der Waals surface area contributed by atoms with Crippen LogP contribution in [-0.4, -0.2) is 18.1 Å². The van der Waals surface area contributed by atoms with Crippen molar-refractivity contribution in [2.24, 2.45) is 0 Å². The van der Waals surface area contributed by atoms with Crippen molar-refractivity contribution in [1.29, 1.82) is 0 Å². The fourth-order valence-corrected chi connectivity index (χ4v) is 2.03. The lowest BCUT2D eigenvalue weighted by atomic mass is 10.1. The highest BCUT2D eigenvalue weighted by Gasteiger charge is 2.04. The molecule has 2 rings (SSSR count). The fraction of sp³-hybridized carbons (Fsp3) is 0.118. The normalized spacial score (nSPS) is 10.7. The van der Waals surface area contributed by atoms with Gasteiger partial charge in [0.2, 0.25) is 0 Å². The van der Waals surface area contributed by atoms with Gasteiger partial charge >= 0.3 is 5.97 Å². The molecule has 0 heterocycles. The van der Waals surface area contributed by atoms with Gasteiger partial charge in [0.1, 0.15) is 0 Å². The Morgan fingerprint density at radius 3 is 2.45 bits per heavy atom. The van der Waals surface area contributed by atoms with Gasteiger partial charge in [0.15, 0.2) is 0 Å². The molecule has 1 N–H and O–H groups in total. The number of carboxylic acids is 1. The van der Waals surface area contributed by atoms with Crippen LogP contribution in [0.4, 0.5) is 5.69 Å². The van der Waals surface area contributed by atoms with Crippen LogP contribution in [0.1, 0.15) is 11.1 Å². The minimum atomic E-state index is -0.934. The fourth-order valence-electron chi connectivity index (χ4n) is 2.03. The second-order valence-corrected chi connectivity index (χ2v) is 4.56. The van der Waals surface area contributed by atoms with E-state index in [0.717, 1.165) is 23.4 Å². The molecule has 0 bridgehead atoms. The van der Waals surface area contributed by atoms with Crippen LogP contribution in [0, 0.1) is 0 Å². The highest BCUT2D eigenvalue weighted by Crippen LogP contribution is 2.18. The van der Waals surface area contributed by atoms with Gasteiger partial charge < -0.3 is 10.0 Å². The SMILES string of the molecule is CN(Cc1ccccc1C=CC(=O)O)c1ccccc1. The molecule has 0 aliphatic rings. The standard InChI is InChI=1S/C17H17NO2/c1-18(16-9-3-2-4-10-16)13-15-8-6-5-7-14(15)11-12-17(19)20/h2-12H,13H2,1H3,(H,19,20). The van der Waals surface area contributed by atoms with E-state index in [1.807, 2.05) is 49.5 Å². The van der Waals surface area contributed by atoms with Gasteiger partial charge in [0.05, 0.1) is 0 Å². The van der Waals surface area contributed by atoms with Gasteiger partial charge in [-0.2, -0.15) is 0 Å². The van der Waals surface area contributed by atoms with Crippen LogP contribution in [-0.2, 0) is 11.3 Å². The molecule has 2 aromatic rings. The molecule has 3 nitrogen and oxygen atoms in total. The molecule has 0 aliphatic heterocycles. The van der Waals surface area contributed by atoms with Crippen LogP contribution in [0.3, 0.4) is 0 Å². The second-order valence-electron chi connectivity index (χ2n) is 4.56. The molecule has 102 valence electrons. The zero-order chi connectivity index (χ0) is 14.4. The molecule has 0 spiro atoms. The summed E-state index contributed by atoms with van der Waals surface area (Å²) in [4.78, 5) is 12.8. The lowest BCUT2D eigenvalue weighted by molar-refractivity contribution is -0.131. The Bertz CT molecular complexity index is 605. The van der Waals surface area contributed by atoms with Gasteiger partial charge in [-0.25, -0.2) is 4.79 Å². The molecular formula is C17H17NO2. The van der Waals surface area contributed by atoms with Crippen LogP contribution in [0.5, 0.6) is 0 Å². The van der Waals surface area contributed by atoms with E-state index >= 15 is 0 Å². The number of aliphatic carboxylic acids is 1. The van der Waals surface area contributed by atoms with Gasteiger partial charge in [-0.1, -0.05) is 42.5 Å². The smallest absolute Gasteiger partial charge is 0.328 e. The molecule has 0 aromatic heterocycles. The number of rotatable bonds is 5. The molecule has 0 aliphatic carbocycles. The highest BCUT2D eigenvalue weighted by atomic mass is 16.4. The second kappa shape index (κ2) is 6.57. The van der Waals surface area contributed by atoms with Crippen molar-refractivity contribution in [1.82, 2.24) is 0 Å². The van der Waals surface area contributed by atoms with Crippen molar-refractivity contribution in [3.05, 3.63) is 71.8 Å². The third kappa shape index (κ3) is 3.72. The van der Waals surface area contributed by atoms with Crippen molar-refractivity contribution in [3.63, 3.8) is 0 Å². The first-order valence-corrected chi connectivity index (χ1v) is 6.42. The molecule has 2 aromatic carbocycles. The van der Waals surface area contributed by atoms with Crippen molar-refractivity contribution >= 4 is 17.7 Å². The Morgan fingerprint density at radius 2 is 1.75 bits per heavy atom. The number of anilines is 1. The average Bonchev–Trinajstić information content (AvgIpc) is 2.47. The molecule has 0 saturated carbocycles. The van der Waals surface area contributed by atoms with Crippen LogP contribution in [0.15, 0.2) is 60.7 Å². The summed E-state index contributed by atoms with van der Waals surface area (Å²) in [6, 6.07) is 17.9. The number of carbonyl (C=O) groups is 1. The van der Waals surface area contributed by atoms with E-state index in [2.05, 4.69) is 17.0 Å². The number of carboxylic acid groups (broad SMARTS) is 1. The van der Waals surface area contributed by atoms with E-state index in [4.69, 9.17) is 5.11 Å². The van der Waals surface area contributed by atoms with E-state index in [9.17, 15) is 4.79 Å². The van der Waals surface area contributed by atoms with Crippen LogP contribution >= 0.6 is 0 Å². The molecule has 0 unspecified atom stereocenters. The first-order chi connectivity index (χ1) is 9.66. The van der Waals surface area contributed by atoms with Gasteiger partial charge in [-0.05, 0) is 29.3 Å². The lowest BCUT2D eigenvalue weighted by Gasteiger charge is -2.20. The third-order valence-electron chi connectivity index (χ3n) is 3.07. The molecule has 0 radical (unpaired) electrons. The lowest BCUT2D eigenvalue weighted by Crippen LogP contribution is -2.16. The topological polar surface area (TPSA) is 40.5 Å². The molecule has 3 heteroatoms. The number of nitrogens with zero attached hydrogens (tertiary/aromatic N) is 1. The summed E-state index contributed by atoms with van der Waals surface area (Å²) in [5.74, 6) is -0.934. The largest absolute Gasteiger partial charge is 0.478 e. The molecule has 0 amide bonds. The highest BCUT2D eigenvalue weighted by molar-refractivity contribution is 5.85. The summed E-state index contributed by atoms with van der Waals surface area (Å²) in [5, 5.41) is 8.73. The van der Waals surface area contributed by atoms with Gasteiger partial charge in [-0.15, -0.1) is 0 Å². The van der Waals surface area contributed by atoms with Gasteiger partial charge in [0, 0.05) is 25.4 Å². The molecule has 0 atom stereocenters. The van der Waals surface area contributed by atoms with Crippen LogP contribution in [0.25, 0.3) is 6.08 Å². The average molecular weight is 267 g/mol. The van der Waals surface area contributed by atoms with Crippen LogP contribution in [0.2, 0.25) is 0 Å². The molecule has 0 saturated heterocycles.